The molecule has 0 aliphatic rings. The summed E-state index contributed by atoms with van der Waals surface area (Å²) >= 11 is 11.7. The Hall–Kier alpha value is -0.910. The molecule has 0 saturated heterocycles. The zero-order chi connectivity index (χ0) is 15.6. The summed E-state index contributed by atoms with van der Waals surface area (Å²) in [7, 11) is 4.86. The second-order valence-electron chi connectivity index (χ2n) is 4.41. The van der Waals surface area contributed by atoms with Crippen LogP contribution in [0.1, 0.15) is 20.8 Å². The fraction of sp³-hybridized carbons (Fsp3) is 0.333. The lowest BCUT2D eigenvalue weighted by Crippen LogP contribution is -2.01. The number of aryl methyl sites for hydroxylation is 1. The van der Waals surface area contributed by atoms with Crippen LogP contribution in [0.3, 0.4) is 0 Å². The minimum atomic E-state index is -0.112. The van der Waals surface area contributed by atoms with Gasteiger partial charge in [0, 0.05) is 17.0 Å². The minimum absolute atomic E-state index is 0.112. The molecule has 2 rings (SSSR count). The Kier molecular flexibility index (Phi) is 5.41. The molecule has 0 spiro atoms. The Balaban J connectivity index is 2.58. The third kappa shape index (κ3) is 3.15. The van der Waals surface area contributed by atoms with E-state index in [0.29, 0.717) is 17.2 Å². The first-order chi connectivity index (χ1) is 10.0. The summed E-state index contributed by atoms with van der Waals surface area (Å²) in [6.45, 7) is 1.99. The number of alkyl halides is 1. The highest BCUT2D eigenvalue weighted by molar-refractivity contribution is 9.09. The van der Waals surface area contributed by atoms with Crippen molar-refractivity contribution in [1.29, 1.82) is 0 Å². The van der Waals surface area contributed by atoms with Gasteiger partial charge >= 0.3 is 0 Å². The van der Waals surface area contributed by atoms with Crippen LogP contribution in [0.2, 0.25) is 5.02 Å². The largest absolute Gasteiger partial charge is 0.496 e. The maximum absolute atomic E-state index is 6.38. The molecule has 1 heterocycles. The standard InChI is InChI=1S/C15H16BrClO3S/c1-8-7-21-15(14(8)17)13(16)12-10(19-3)5-9(18-2)6-11(12)20-4/h5-7,13H,1-4H3. The van der Waals surface area contributed by atoms with Gasteiger partial charge in [-0.25, -0.2) is 0 Å². The van der Waals surface area contributed by atoms with E-state index in [1.807, 2.05) is 24.4 Å². The van der Waals surface area contributed by atoms with Gasteiger partial charge in [0.1, 0.15) is 17.2 Å². The molecule has 1 aromatic heterocycles. The summed E-state index contributed by atoms with van der Waals surface area (Å²) in [5, 5.41) is 2.80. The van der Waals surface area contributed by atoms with Crippen molar-refractivity contribution in [3.8, 4) is 17.2 Å². The minimum Gasteiger partial charge on any atom is -0.496 e. The molecule has 0 aliphatic carbocycles. The molecule has 0 fully saturated rings. The van der Waals surface area contributed by atoms with E-state index in [1.165, 1.54) is 0 Å². The average molecular weight is 392 g/mol. The molecule has 0 aliphatic heterocycles. The number of halogens is 2. The van der Waals surface area contributed by atoms with Gasteiger partial charge in [0.15, 0.2) is 0 Å². The summed E-state index contributed by atoms with van der Waals surface area (Å²) in [5.74, 6) is 2.06. The van der Waals surface area contributed by atoms with Crippen LogP contribution in [0.4, 0.5) is 0 Å². The van der Waals surface area contributed by atoms with Gasteiger partial charge in [-0.05, 0) is 17.9 Å². The van der Waals surface area contributed by atoms with Gasteiger partial charge in [-0.2, -0.15) is 0 Å². The summed E-state index contributed by atoms with van der Waals surface area (Å²) in [5.41, 5.74) is 1.96. The van der Waals surface area contributed by atoms with E-state index in [2.05, 4.69) is 15.9 Å². The van der Waals surface area contributed by atoms with Gasteiger partial charge < -0.3 is 14.2 Å². The Morgan fingerprint density at radius 3 is 2.05 bits per heavy atom. The lowest BCUT2D eigenvalue weighted by atomic mass is 10.1. The topological polar surface area (TPSA) is 27.7 Å². The molecule has 0 amide bonds. The Morgan fingerprint density at radius 2 is 1.67 bits per heavy atom. The fourth-order valence-corrected chi connectivity index (χ4v) is 4.46. The van der Waals surface area contributed by atoms with Crippen LogP contribution < -0.4 is 14.2 Å². The van der Waals surface area contributed by atoms with Crippen molar-refractivity contribution >= 4 is 38.9 Å². The van der Waals surface area contributed by atoms with Crippen molar-refractivity contribution in [3.63, 3.8) is 0 Å². The number of hydrogen-bond donors (Lipinski definition) is 0. The third-order valence-electron chi connectivity index (χ3n) is 3.16. The summed E-state index contributed by atoms with van der Waals surface area (Å²) in [4.78, 5) is 0.912. The number of rotatable bonds is 5. The van der Waals surface area contributed by atoms with Crippen molar-refractivity contribution in [2.24, 2.45) is 0 Å². The monoisotopic (exact) mass is 390 g/mol. The van der Waals surface area contributed by atoms with Crippen LogP contribution >= 0.6 is 38.9 Å². The molecule has 114 valence electrons. The number of hydrogen-bond acceptors (Lipinski definition) is 4. The maximum Gasteiger partial charge on any atom is 0.130 e. The van der Waals surface area contributed by atoms with Gasteiger partial charge in [0.25, 0.3) is 0 Å². The van der Waals surface area contributed by atoms with Gasteiger partial charge in [-0.3, -0.25) is 0 Å². The SMILES string of the molecule is COc1cc(OC)c(C(Br)c2scc(C)c2Cl)c(OC)c1. The molecule has 0 N–H and O–H groups in total. The average Bonchev–Trinajstić information content (AvgIpc) is 2.84. The summed E-state index contributed by atoms with van der Waals surface area (Å²) < 4.78 is 16.3. The molecule has 0 radical (unpaired) electrons. The quantitative estimate of drug-likeness (QED) is 0.654. The molecule has 2 aromatic rings. The molecular weight excluding hydrogens is 376 g/mol. The first kappa shape index (κ1) is 16.5. The molecule has 6 heteroatoms. The Morgan fingerprint density at radius 1 is 1.10 bits per heavy atom. The maximum atomic E-state index is 6.38. The molecule has 1 aromatic carbocycles. The molecule has 1 atom stereocenters. The van der Waals surface area contributed by atoms with Gasteiger partial charge in [-0.1, -0.05) is 27.5 Å². The highest BCUT2D eigenvalue weighted by atomic mass is 79.9. The van der Waals surface area contributed by atoms with Gasteiger partial charge in [0.2, 0.25) is 0 Å². The van der Waals surface area contributed by atoms with Crippen molar-refractivity contribution in [1.82, 2.24) is 0 Å². The van der Waals surface area contributed by atoms with Crippen molar-refractivity contribution < 1.29 is 14.2 Å². The van der Waals surface area contributed by atoms with E-state index in [0.717, 1.165) is 21.0 Å². The normalized spacial score (nSPS) is 12.1. The molecular formula is C15H16BrClO3S. The van der Waals surface area contributed by atoms with Crippen molar-refractivity contribution in [2.45, 2.75) is 11.8 Å². The number of benzene rings is 1. The summed E-state index contributed by atoms with van der Waals surface area (Å²) in [6, 6.07) is 3.67. The first-order valence-corrected chi connectivity index (χ1v) is 8.38. The van der Waals surface area contributed by atoms with E-state index < -0.39 is 0 Å². The first-order valence-electron chi connectivity index (χ1n) is 6.20. The number of methoxy groups -OCH3 is 3. The van der Waals surface area contributed by atoms with Gasteiger partial charge in [0.05, 0.1) is 36.7 Å². The predicted molar refractivity (Wildman–Crippen MR) is 90.9 cm³/mol. The highest BCUT2D eigenvalue weighted by Crippen LogP contribution is 2.48. The Labute approximate surface area is 141 Å². The fourth-order valence-electron chi connectivity index (χ4n) is 2.03. The van der Waals surface area contributed by atoms with E-state index in [9.17, 15) is 0 Å². The Bertz CT molecular complexity index is 617. The number of thiophene rings is 1. The summed E-state index contributed by atoms with van der Waals surface area (Å²) in [6.07, 6.45) is 0. The van der Waals surface area contributed by atoms with Crippen LogP contribution in [-0.2, 0) is 0 Å². The lowest BCUT2D eigenvalue weighted by Gasteiger charge is -2.18. The van der Waals surface area contributed by atoms with E-state index >= 15 is 0 Å². The second kappa shape index (κ2) is 6.90. The lowest BCUT2D eigenvalue weighted by molar-refractivity contribution is 0.370. The number of ether oxygens (including phenoxy) is 3. The predicted octanol–water partition coefficient (Wildman–Crippen LogP) is 5.22. The van der Waals surface area contributed by atoms with E-state index in [1.54, 1.807) is 32.7 Å². The molecule has 21 heavy (non-hydrogen) atoms. The third-order valence-corrected chi connectivity index (χ3v) is 6.16. The molecule has 0 bridgehead atoms. The van der Waals surface area contributed by atoms with E-state index in [4.69, 9.17) is 25.8 Å². The molecule has 0 saturated carbocycles. The van der Waals surface area contributed by atoms with Crippen LogP contribution in [-0.4, -0.2) is 21.3 Å². The van der Waals surface area contributed by atoms with Crippen molar-refractivity contribution in [3.05, 3.63) is 38.5 Å². The van der Waals surface area contributed by atoms with Crippen LogP contribution in [0.15, 0.2) is 17.5 Å². The van der Waals surface area contributed by atoms with Crippen LogP contribution in [0.25, 0.3) is 0 Å². The van der Waals surface area contributed by atoms with Crippen molar-refractivity contribution in [2.75, 3.05) is 21.3 Å². The zero-order valence-electron chi connectivity index (χ0n) is 12.2. The second-order valence-corrected chi connectivity index (χ2v) is 6.61. The smallest absolute Gasteiger partial charge is 0.130 e. The highest BCUT2D eigenvalue weighted by Gasteiger charge is 2.25. The van der Waals surface area contributed by atoms with Crippen LogP contribution in [0.5, 0.6) is 17.2 Å². The zero-order valence-corrected chi connectivity index (χ0v) is 15.4. The van der Waals surface area contributed by atoms with Gasteiger partial charge in [-0.15, -0.1) is 11.3 Å². The van der Waals surface area contributed by atoms with E-state index in [-0.39, 0.29) is 4.83 Å². The molecule has 1 unspecified atom stereocenters. The molecule has 3 nitrogen and oxygen atoms in total. The van der Waals surface area contributed by atoms with Crippen LogP contribution in [0, 0.1) is 6.92 Å².